The quantitative estimate of drug-likeness (QED) is 0.682. The summed E-state index contributed by atoms with van der Waals surface area (Å²) in [6.45, 7) is 0. The largest absolute Gasteiger partial charge is 0.505 e. The summed E-state index contributed by atoms with van der Waals surface area (Å²) >= 11 is 11.5. The smallest absolute Gasteiger partial charge is 0.171 e. The maximum atomic E-state index is 9.29. The van der Waals surface area contributed by atoms with E-state index in [0.717, 1.165) is 0 Å². The van der Waals surface area contributed by atoms with Crippen LogP contribution in [0.3, 0.4) is 0 Å². The Labute approximate surface area is 84.7 Å². The standard InChI is InChI=1S/C9H5Cl2NO/c10-6-2-1-3-7-5(6)4-8(13)9(11)12-7/h1-4,13H. The predicted octanol–water partition coefficient (Wildman–Crippen LogP) is 3.25. The molecular formula is C9H5Cl2NO. The van der Waals surface area contributed by atoms with Gasteiger partial charge in [-0.3, -0.25) is 0 Å². The van der Waals surface area contributed by atoms with Crippen molar-refractivity contribution in [2.75, 3.05) is 0 Å². The summed E-state index contributed by atoms with van der Waals surface area (Å²) in [5, 5.41) is 10.6. The Balaban J connectivity index is 2.89. The summed E-state index contributed by atoms with van der Waals surface area (Å²) in [6, 6.07) is 6.81. The van der Waals surface area contributed by atoms with Crippen molar-refractivity contribution in [2.24, 2.45) is 0 Å². The van der Waals surface area contributed by atoms with E-state index in [1.165, 1.54) is 6.07 Å². The van der Waals surface area contributed by atoms with Crippen LogP contribution in [0.5, 0.6) is 5.75 Å². The summed E-state index contributed by atoms with van der Waals surface area (Å²) in [7, 11) is 0. The van der Waals surface area contributed by atoms with Crippen LogP contribution in [0.25, 0.3) is 10.9 Å². The summed E-state index contributed by atoms with van der Waals surface area (Å²) in [4.78, 5) is 3.97. The number of nitrogens with zero attached hydrogens (tertiary/aromatic N) is 1. The molecule has 1 heterocycles. The van der Waals surface area contributed by atoms with Gasteiger partial charge in [0.2, 0.25) is 0 Å². The summed E-state index contributed by atoms with van der Waals surface area (Å²) in [6.07, 6.45) is 0. The summed E-state index contributed by atoms with van der Waals surface area (Å²) < 4.78 is 0. The highest BCUT2D eigenvalue weighted by atomic mass is 35.5. The topological polar surface area (TPSA) is 33.1 Å². The van der Waals surface area contributed by atoms with Crippen molar-refractivity contribution < 1.29 is 5.11 Å². The van der Waals surface area contributed by atoms with Gasteiger partial charge in [-0.05, 0) is 18.2 Å². The van der Waals surface area contributed by atoms with Crippen LogP contribution < -0.4 is 0 Å². The lowest BCUT2D eigenvalue weighted by atomic mass is 10.2. The van der Waals surface area contributed by atoms with Gasteiger partial charge in [-0.25, -0.2) is 4.98 Å². The number of hydrogen-bond donors (Lipinski definition) is 1. The van der Waals surface area contributed by atoms with Crippen molar-refractivity contribution in [2.45, 2.75) is 0 Å². The highest BCUT2D eigenvalue weighted by Crippen LogP contribution is 2.29. The fraction of sp³-hybridized carbons (Fsp3) is 0. The summed E-state index contributed by atoms with van der Waals surface area (Å²) in [5.74, 6) is -0.0535. The Morgan fingerprint density at radius 1 is 1.23 bits per heavy atom. The molecule has 0 aliphatic heterocycles. The molecule has 0 bridgehead atoms. The van der Waals surface area contributed by atoms with Gasteiger partial charge in [0.25, 0.3) is 0 Å². The van der Waals surface area contributed by atoms with E-state index in [4.69, 9.17) is 23.2 Å². The molecule has 0 amide bonds. The minimum Gasteiger partial charge on any atom is -0.505 e. The minimum atomic E-state index is -0.0535. The number of hydrogen-bond acceptors (Lipinski definition) is 2. The Morgan fingerprint density at radius 3 is 2.77 bits per heavy atom. The average Bonchev–Trinajstić information content (AvgIpc) is 2.09. The number of halogens is 2. The molecule has 66 valence electrons. The van der Waals surface area contributed by atoms with Gasteiger partial charge in [-0.1, -0.05) is 29.3 Å². The lowest BCUT2D eigenvalue weighted by Gasteiger charge is -2.01. The van der Waals surface area contributed by atoms with Gasteiger partial charge in [0.1, 0.15) is 0 Å². The minimum absolute atomic E-state index is 0.0535. The van der Waals surface area contributed by atoms with E-state index in [0.29, 0.717) is 15.9 Å². The maximum absolute atomic E-state index is 9.29. The van der Waals surface area contributed by atoms with E-state index < -0.39 is 0 Å². The molecule has 1 N–H and O–H groups in total. The van der Waals surface area contributed by atoms with Crippen molar-refractivity contribution in [1.82, 2.24) is 4.98 Å². The lowest BCUT2D eigenvalue weighted by Crippen LogP contribution is -1.81. The lowest BCUT2D eigenvalue weighted by molar-refractivity contribution is 0.474. The third-order valence-electron chi connectivity index (χ3n) is 1.74. The molecule has 4 heteroatoms. The third kappa shape index (κ3) is 1.43. The van der Waals surface area contributed by atoms with Crippen molar-refractivity contribution >= 4 is 34.1 Å². The third-order valence-corrected chi connectivity index (χ3v) is 2.35. The first-order valence-corrected chi connectivity index (χ1v) is 4.38. The number of pyridine rings is 1. The number of fused-ring (bicyclic) bond motifs is 1. The molecule has 2 nitrogen and oxygen atoms in total. The van der Waals surface area contributed by atoms with Gasteiger partial charge in [-0.2, -0.15) is 0 Å². The van der Waals surface area contributed by atoms with Gasteiger partial charge in [0.15, 0.2) is 10.9 Å². The van der Waals surface area contributed by atoms with Gasteiger partial charge in [0, 0.05) is 5.39 Å². The molecule has 0 spiro atoms. The second-order valence-electron chi connectivity index (χ2n) is 2.60. The normalized spacial score (nSPS) is 10.6. The maximum Gasteiger partial charge on any atom is 0.171 e. The van der Waals surface area contributed by atoms with Crippen LogP contribution in [0, 0.1) is 0 Å². The second kappa shape index (κ2) is 3.05. The first-order chi connectivity index (χ1) is 6.18. The number of rotatable bonds is 0. The molecule has 2 rings (SSSR count). The molecular weight excluding hydrogens is 209 g/mol. The van der Waals surface area contributed by atoms with Crippen molar-refractivity contribution in [3.8, 4) is 5.75 Å². The number of benzene rings is 1. The van der Waals surface area contributed by atoms with Crippen molar-refractivity contribution in [1.29, 1.82) is 0 Å². The van der Waals surface area contributed by atoms with E-state index in [1.807, 2.05) is 0 Å². The molecule has 0 fully saturated rings. The monoisotopic (exact) mass is 213 g/mol. The van der Waals surface area contributed by atoms with Gasteiger partial charge < -0.3 is 5.11 Å². The Bertz CT molecular complexity index is 470. The van der Waals surface area contributed by atoms with E-state index >= 15 is 0 Å². The zero-order chi connectivity index (χ0) is 9.42. The SMILES string of the molecule is Oc1cc2c(Cl)cccc2nc1Cl. The zero-order valence-corrected chi connectivity index (χ0v) is 7.97. The van der Waals surface area contributed by atoms with Crippen LogP contribution >= 0.6 is 23.2 Å². The Hall–Kier alpha value is -0.990. The molecule has 0 radical (unpaired) electrons. The first kappa shape index (κ1) is 8.60. The predicted molar refractivity (Wildman–Crippen MR) is 53.4 cm³/mol. The van der Waals surface area contributed by atoms with Crippen LogP contribution in [-0.4, -0.2) is 10.1 Å². The number of aromatic hydroxyl groups is 1. The Kier molecular flexibility index (Phi) is 2.02. The zero-order valence-electron chi connectivity index (χ0n) is 6.46. The molecule has 0 unspecified atom stereocenters. The van der Waals surface area contributed by atoms with Crippen LogP contribution in [0.15, 0.2) is 24.3 Å². The van der Waals surface area contributed by atoms with Crippen molar-refractivity contribution in [3.05, 3.63) is 34.4 Å². The molecule has 2 aromatic rings. The van der Waals surface area contributed by atoms with Crippen LogP contribution in [0.2, 0.25) is 10.2 Å². The second-order valence-corrected chi connectivity index (χ2v) is 3.37. The van der Waals surface area contributed by atoms with E-state index in [2.05, 4.69) is 4.98 Å². The highest BCUT2D eigenvalue weighted by molar-refractivity contribution is 6.36. The van der Waals surface area contributed by atoms with Crippen LogP contribution in [-0.2, 0) is 0 Å². The van der Waals surface area contributed by atoms with E-state index in [-0.39, 0.29) is 10.9 Å². The van der Waals surface area contributed by atoms with Gasteiger partial charge >= 0.3 is 0 Å². The molecule has 13 heavy (non-hydrogen) atoms. The number of aromatic nitrogens is 1. The Morgan fingerprint density at radius 2 is 2.00 bits per heavy atom. The fourth-order valence-corrected chi connectivity index (χ4v) is 1.50. The van der Waals surface area contributed by atoms with Crippen LogP contribution in [0.4, 0.5) is 0 Å². The van der Waals surface area contributed by atoms with Gasteiger partial charge in [-0.15, -0.1) is 0 Å². The molecule has 0 saturated carbocycles. The molecule has 0 saturated heterocycles. The highest BCUT2D eigenvalue weighted by Gasteiger charge is 2.04. The fourth-order valence-electron chi connectivity index (χ4n) is 1.13. The van der Waals surface area contributed by atoms with E-state index in [1.54, 1.807) is 18.2 Å². The molecule has 0 aliphatic rings. The first-order valence-electron chi connectivity index (χ1n) is 3.62. The molecule has 1 aromatic carbocycles. The van der Waals surface area contributed by atoms with Gasteiger partial charge in [0.05, 0.1) is 10.5 Å². The average molecular weight is 214 g/mol. The molecule has 1 aromatic heterocycles. The summed E-state index contributed by atoms with van der Waals surface area (Å²) in [5.41, 5.74) is 0.676. The molecule has 0 atom stereocenters. The van der Waals surface area contributed by atoms with Crippen molar-refractivity contribution in [3.63, 3.8) is 0 Å². The molecule has 0 aliphatic carbocycles. The van der Waals surface area contributed by atoms with E-state index in [9.17, 15) is 5.11 Å². The van der Waals surface area contributed by atoms with Crippen LogP contribution in [0.1, 0.15) is 0 Å².